The zero-order valence-electron chi connectivity index (χ0n) is 12.2. The van der Waals surface area contributed by atoms with Crippen molar-refractivity contribution < 1.29 is 9.47 Å². The van der Waals surface area contributed by atoms with E-state index in [0.29, 0.717) is 18.8 Å². The Balaban J connectivity index is 1.99. The van der Waals surface area contributed by atoms with Crippen LogP contribution >= 0.6 is 0 Å². The maximum atomic E-state index is 6.13. The summed E-state index contributed by atoms with van der Waals surface area (Å²) in [6.45, 7) is 2.73. The monoisotopic (exact) mass is 263 g/mol. The lowest BCUT2D eigenvalue weighted by Gasteiger charge is -2.31. The van der Waals surface area contributed by atoms with Crippen LogP contribution in [0, 0.1) is 6.92 Å². The molecule has 0 spiro atoms. The van der Waals surface area contributed by atoms with Crippen LogP contribution in [-0.2, 0) is 11.3 Å². The zero-order chi connectivity index (χ0) is 13.7. The van der Waals surface area contributed by atoms with Gasteiger partial charge in [-0.2, -0.15) is 0 Å². The molecule has 1 N–H and O–H groups in total. The summed E-state index contributed by atoms with van der Waals surface area (Å²) < 4.78 is 11.5. The zero-order valence-corrected chi connectivity index (χ0v) is 12.2. The lowest BCUT2D eigenvalue weighted by Crippen LogP contribution is -2.41. The van der Waals surface area contributed by atoms with Gasteiger partial charge in [-0.3, -0.25) is 0 Å². The lowest BCUT2D eigenvalue weighted by atomic mass is 9.92. The van der Waals surface area contributed by atoms with E-state index in [1.807, 2.05) is 13.1 Å². The van der Waals surface area contributed by atoms with Gasteiger partial charge in [-0.25, -0.2) is 0 Å². The Hall–Kier alpha value is -1.06. The molecule has 2 unspecified atom stereocenters. The third-order valence-corrected chi connectivity index (χ3v) is 3.96. The number of aryl methyl sites for hydroxylation is 1. The van der Waals surface area contributed by atoms with Crippen LogP contribution in [0.4, 0.5) is 0 Å². The molecule has 2 rings (SSSR count). The standard InChI is InChI=1S/C16H25NO2/c1-12-8-9-15(18-3)13(10-12)11-19-16-7-5-4-6-14(16)17-2/h8-10,14,16-17H,4-7,11H2,1-3H3. The van der Waals surface area contributed by atoms with Gasteiger partial charge in [-0.15, -0.1) is 0 Å². The van der Waals surface area contributed by atoms with Crippen LogP contribution in [0.5, 0.6) is 5.75 Å². The van der Waals surface area contributed by atoms with Gasteiger partial charge in [-0.1, -0.05) is 30.5 Å². The predicted molar refractivity (Wildman–Crippen MR) is 77.6 cm³/mol. The van der Waals surface area contributed by atoms with E-state index in [0.717, 1.165) is 17.7 Å². The normalized spacial score (nSPS) is 23.3. The molecule has 0 radical (unpaired) electrons. The summed E-state index contributed by atoms with van der Waals surface area (Å²) in [6, 6.07) is 6.73. The van der Waals surface area contributed by atoms with Crippen LogP contribution in [0.1, 0.15) is 36.8 Å². The van der Waals surface area contributed by atoms with Crippen molar-refractivity contribution in [1.29, 1.82) is 0 Å². The van der Waals surface area contributed by atoms with E-state index >= 15 is 0 Å². The highest BCUT2D eigenvalue weighted by molar-refractivity contribution is 5.36. The number of ether oxygens (including phenoxy) is 2. The molecule has 3 heteroatoms. The third-order valence-electron chi connectivity index (χ3n) is 3.96. The van der Waals surface area contributed by atoms with E-state index in [1.165, 1.54) is 24.8 Å². The number of benzene rings is 1. The van der Waals surface area contributed by atoms with Gasteiger partial charge in [0.2, 0.25) is 0 Å². The Morgan fingerprint density at radius 3 is 2.79 bits per heavy atom. The number of likely N-dealkylation sites (N-methyl/N-ethyl adjacent to an activating group) is 1. The van der Waals surface area contributed by atoms with E-state index in [4.69, 9.17) is 9.47 Å². The summed E-state index contributed by atoms with van der Waals surface area (Å²) in [7, 11) is 3.74. The Bertz CT molecular complexity index is 406. The molecule has 0 saturated heterocycles. The minimum Gasteiger partial charge on any atom is -0.496 e. The molecule has 2 atom stereocenters. The Kier molecular flexibility index (Phi) is 5.23. The maximum Gasteiger partial charge on any atom is 0.124 e. The Labute approximate surface area is 116 Å². The average Bonchev–Trinajstić information content (AvgIpc) is 2.45. The van der Waals surface area contributed by atoms with Crippen molar-refractivity contribution in [3.63, 3.8) is 0 Å². The van der Waals surface area contributed by atoms with Crippen LogP contribution in [0.25, 0.3) is 0 Å². The van der Waals surface area contributed by atoms with Gasteiger partial charge in [0.1, 0.15) is 5.75 Å². The number of hydrogen-bond acceptors (Lipinski definition) is 3. The fourth-order valence-corrected chi connectivity index (χ4v) is 2.84. The molecule has 106 valence electrons. The van der Waals surface area contributed by atoms with Gasteiger partial charge < -0.3 is 14.8 Å². The summed E-state index contributed by atoms with van der Waals surface area (Å²) in [5, 5.41) is 3.37. The maximum absolute atomic E-state index is 6.13. The molecule has 3 nitrogen and oxygen atoms in total. The van der Waals surface area contributed by atoms with Gasteiger partial charge in [0.25, 0.3) is 0 Å². The van der Waals surface area contributed by atoms with Crippen LogP contribution in [-0.4, -0.2) is 26.3 Å². The van der Waals surface area contributed by atoms with Gasteiger partial charge in [-0.05, 0) is 32.9 Å². The summed E-state index contributed by atoms with van der Waals surface area (Å²) >= 11 is 0. The first-order chi connectivity index (χ1) is 9.24. The lowest BCUT2D eigenvalue weighted by molar-refractivity contribution is -0.00430. The van der Waals surface area contributed by atoms with Crippen molar-refractivity contribution in [3.05, 3.63) is 29.3 Å². The number of hydrogen-bond donors (Lipinski definition) is 1. The van der Waals surface area contributed by atoms with Crippen molar-refractivity contribution in [2.75, 3.05) is 14.2 Å². The number of rotatable bonds is 5. The van der Waals surface area contributed by atoms with E-state index in [2.05, 4.69) is 24.4 Å². The Morgan fingerprint density at radius 2 is 2.05 bits per heavy atom. The van der Waals surface area contributed by atoms with Gasteiger partial charge >= 0.3 is 0 Å². The third kappa shape index (κ3) is 3.71. The smallest absolute Gasteiger partial charge is 0.124 e. The first-order valence-corrected chi connectivity index (χ1v) is 7.17. The van der Waals surface area contributed by atoms with Gasteiger partial charge in [0.15, 0.2) is 0 Å². The van der Waals surface area contributed by atoms with Crippen molar-refractivity contribution in [1.82, 2.24) is 5.32 Å². The molecule has 0 amide bonds. The second-order valence-electron chi connectivity index (χ2n) is 5.34. The van der Waals surface area contributed by atoms with Crippen molar-refractivity contribution in [2.24, 2.45) is 0 Å². The first-order valence-electron chi connectivity index (χ1n) is 7.17. The molecular weight excluding hydrogens is 238 g/mol. The highest BCUT2D eigenvalue weighted by Crippen LogP contribution is 2.25. The van der Waals surface area contributed by atoms with E-state index in [1.54, 1.807) is 7.11 Å². The van der Waals surface area contributed by atoms with E-state index < -0.39 is 0 Å². The van der Waals surface area contributed by atoms with Crippen LogP contribution in [0.3, 0.4) is 0 Å². The van der Waals surface area contributed by atoms with Crippen molar-refractivity contribution in [2.45, 2.75) is 51.4 Å². The van der Waals surface area contributed by atoms with E-state index in [-0.39, 0.29) is 0 Å². The highest BCUT2D eigenvalue weighted by Gasteiger charge is 2.24. The molecule has 19 heavy (non-hydrogen) atoms. The fraction of sp³-hybridized carbons (Fsp3) is 0.625. The highest BCUT2D eigenvalue weighted by atomic mass is 16.5. The molecule has 0 heterocycles. The van der Waals surface area contributed by atoms with Crippen LogP contribution < -0.4 is 10.1 Å². The minimum absolute atomic E-state index is 0.323. The molecule has 1 aliphatic carbocycles. The number of methoxy groups -OCH3 is 1. The molecule has 1 aromatic rings. The summed E-state index contributed by atoms with van der Waals surface area (Å²) in [4.78, 5) is 0. The molecule has 1 aliphatic rings. The molecule has 1 aromatic carbocycles. The quantitative estimate of drug-likeness (QED) is 0.885. The summed E-state index contributed by atoms with van der Waals surface area (Å²) in [5.41, 5.74) is 2.39. The van der Waals surface area contributed by atoms with Crippen LogP contribution in [0.2, 0.25) is 0 Å². The largest absolute Gasteiger partial charge is 0.496 e. The van der Waals surface area contributed by atoms with Crippen molar-refractivity contribution in [3.8, 4) is 5.75 Å². The molecule has 1 saturated carbocycles. The molecule has 0 bridgehead atoms. The molecule has 1 fully saturated rings. The summed E-state index contributed by atoms with van der Waals surface area (Å²) in [5.74, 6) is 0.919. The Morgan fingerprint density at radius 1 is 1.26 bits per heavy atom. The fourth-order valence-electron chi connectivity index (χ4n) is 2.84. The van der Waals surface area contributed by atoms with Gasteiger partial charge in [0.05, 0.1) is 19.8 Å². The second-order valence-corrected chi connectivity index (χ2v) is 5.34. The average molecular weight is 263 g/mol. The second kappa shape index (κ2) is 6.92. The van der Waals surface area contributed by atoms with E-state index in [9.17, 15) is 0 Å². The summed E-state index contributed by atoms with van der Waals surface area (Å²) in [6.07, 6.45) is 5.27. The van der Waals surface area contributed by atoms with Crippen LogP contribution in [0.15, 0.2) is 18.2 Å². The predicted octanol–water partition coefficient (Wildman–Crippen LogP) is 3.05. The minimum atomic E-state index is 0.323. The number of nitrogens with one attached hydrogen (secondary N) is 1. The molecule has 0 aliphatic heterocycles. The topological polar surface area (TPSA) is 30.5 Å². The molecule has 0 aromatic heterocycles. The first kappa shape index (κ1) is 14.4. The van der Waals surface area contributed by atoms with Gasteiger partial charge in [0, 0.05) is 11.6 Å². The van der Waals surface area contributed by atoms with Crippen molar-refractivity contribution >= 4 is 0 Å². The SMILES string of the molecule is CNC1CCCCC1OCc1cc(C)ccc1OC. The molecular formula is C16H25NO2.